The van der Waals surface area contributed by atoms with Gasteiger partial charge in [-0.2, -0.15) is 5.26 Å². The molecular formula is C18H24N2O2. The number of carbonyl (C=O) groups excluding carboxylic acids is 1. The standard InChI is InChI=1S/C18H24N2O2/c1-13(2)11-22-16-7-5-15(6-8-16)14(3)20-17(21)18(12-19)9-4-10-18/h5-8,13-14H,4,9-11H2,1-3H3,(H,20,21)/t14-/m0/s1. The molecule has 0 radical (unpaired) electrons. The summed E-state index contributed by atoms with van der Waals surface area (Å²) >= 11 is 0. The Hall–Kier alpha value is -2.02. The van der Waals surface area contributed by atoms with E-state index in [0.29, 0.717) is 25.4 Å². The van der Waals surface area contributed by atoms with Crippen molar-refractivity contribution in [3.63, 3.8) is 0 Å². The summed E-state index contributed by atoms with van der Waals surface area (Å²) in [6.07, 6.45) is 2.30. The van der Waals surface area contributed by atoms with E-state index in [1.807, 2.05) is 31.2 Å². The molecule has 0 bridgehead atoms. The molecule has 1 saturated carbocycles. The maximum Gasteiger partial charge on any atom is 0.240 e. The minimum atomic E-state index is -0.797. The van der Waals surface area contributed by atoms with Gasteiger partial charge in [0.25, 0.3) is 0 Å². The highest BCUT2D eigenvalue weighted by atomic mass is 16.5. The highest BCUT2D eigenvalue weighted by Crippen LogP contribution is 2.40. The maximum atomic E-state index is 12.2. The number of benzene rings is 1. The first-order chi connectivity index (χ1) is 10.5. The first-order valence-electron chi connectivity index (χ1n) is 7.92. The minimum absolute atomic E-state index is 0.113. The number of hydrogen-bond acceptors (Lipinski definition) is 3. The van der Waals surface area contributed by atoms with Crippen molar-refractivity contribution in [2.75, 3.05) is 6.61 Å². The summed E-state index contributed by atoms with van der Waals surface area (Å²) in [7, 11) is 0. The average Bonchev–Trinajstić information content (AvgIpc) is 2.45. The monoisotopic (exact) mass is 300 g/mol. The van der Waals surface area contributed by atoms with Gasteiger partial charge in [0.1, 0.15) is 11.2 Å². The third-order valence-corrected chi connectivity index (χ3v) is 4.17. The van der Waals surface area contributed by atoms with Gasteiger partial charge in [0.15, 0.2) is 0 Å². The molecule has 0 unspecified atom stereocenters. The fraction of sp³-hybridized carbons (Fsp3) is 0.556. The van der Waals surface area contributed by atoms with Crippen molar-refractivity contribution in [3.05, 3.63) is 29.8 Å². The second-order valence-corrected chi connectivity index (χ2v) is 6.52. The molecule has 118 valence electrons. The van der Waals surface area contributed by atoms with E-state index in [-0.39, 0.29) is 11.9 Å². The molecule has 1 N–H and O–H groups in total. The average molecular weight is 300 g/mol. The number of nitriles is 1. The van der Waals surface area contributed by atoms with Gasteiger partial charge in [0, 0.05) is 0 Å². The number of carbonyl (C=O) groups is 1. The molecule has 1 atom stereocenters. The molecule has 2 rings (SSSR count). The van der Waals surface area contributed by atoms with Crippen LogP contribution in [0.25, 0.3) is 0 Å². The number of amides is 1. The summed E-state index contributed by atoms with van der Waals surface area (Å²) in [4.78, 5) is 12.2. The largest absolute Gasteiger partial charge is 0.493 e. The zero-order valence-electron chi connectivity index (χ0n) is 13.6. The predicted octanol–water partition coefficient (Wildman–Crippen LogP) is 3.59. The molecule has 1 aliphatic carbocycles. The summed E-state index contributed by atoms with van der Waals surface area (Å²) in [6.45, 7) is 6.84. The fourth-order valence-corrected chi connectivity index (χ4v) is 2.45. The SMILES string of the molecule is CC(C)COc1ccc([C@H](C)NC(=O)C2(C#N)CCC2)cc1. The Morgan fingerprint density at radius 3 is 2.41 bits per heavy atom. The smallest absolute Gasteiger partial charge is 0.240 e. The highest BCUT2D eigenvalue weighted by Gasteiger charge is 2.44. The van der Waals surface area contributed by atoms with E-state index >= 15 is 0 Å². The van der Waals surface area contributed by atoms with Crippen molar-refractivity contribution >= 4 is 5.91 Å². The van der Waals surface area contributed by atoms with E-state index in [1.165, 1.54) is 0 Å². The number of nitrogens with one attached hydrogen (secondary N) is 1. The van der Waals surface area contributed by atoms with Crippen LogP contribution in [0.2, 0.25) is 0 Å². The van der Waals surface area contributed by atoms with Crippen molar-refractivity contribution in [1.82, 2.24) is 5.32 Å². The van der Waals surface area contributed by atoms with Gasteiger partial charge in [-0.25, -0.2) is 0 Å². The number of hydrogen-bond donors (Lipinski definition) is 1. The second kappa shape index (κ2) is 6.83. The van der Waals surface area contributed by atoms with Crippen LogP contribution in [0.3, 0.4) is 0 Å². The highest BCUT2D eigenvalue weighted by molar-refractivity contribution is 5.86. The van der Waals surface area contributed by atoms with Crippen LogP contribution in [0.5, 0.6) is 5.75 Å². The molecule has 1 fully saturated rings. The van der Waals surface area contributed by atoms with Crippen molar-refractivity contribution in [2.45, 2.75) is 46.1 Å². The molecule has 1 aliphatic rings. The lowest BCUT2D eigenvalue weighted by Crippen LogP contribution is -2.45. The lowest BCUT2D eigenvalue weighted by Gasteiger charge is -2.34. The third kappa shape index (κ3) is 3.59. The Labute approximate surface area is 132 Å². The van der Waals surface area contributed by atoms with Crippen LogP contribution in [0, 0.1) is 22.7 Å². The Morgan fingerprint density at radius 2 is 1.95 bits per heavy atom. The molecule has 1 aromatic rings. The van der Waals surface area contributed by atoms with E-state index in [0.717, 1.165) is 17.7 Å². The van der Waals surface area contributed by atoms with Crippen LogP contribution < -0.4 is 10.1 Å². The number of nitrogens with zero attached hydrogens (tertiary/aromatic N) is 1. The lowest BCUT2D eigenvalue weighted by molar-refractivity contribution is -0.132. The lowest BCUT2D eigenvalue weighted by atomic mass is 9.69. The van der Waals surface area contributed by atoms with Crippen LogP contribution in [0.1, 0.15) is 51.6 Å². The normalized spacial score (nSPS) is 17.2. The number of rotatable bonds is 6. The molecule has 0 aliphatic heterocycles. The second-order valence-electron chi connectivity index (χ2n) is 6.52. The van der Waals surface area contributed by atoms with Crippen LogP contribution in [-0.4, -0.2) is 12.5 Å². The molecule has 0 spiro atoms. The van der Waals surface area contributed by atoms with Gasteiger partial charge < -0.3 is 10.1 Å². The van der Waals surface area contributed by atoms with Crippen LogP contribution in [0.4, 0.5) is 0 Å². The molecule has 4 nitrogen and oxygen atoms in total. The quantitative estimate of drug-likeness (QED) is 0.873. The van der Waals surface area contributed by atoms with Crippen molar-refractivity contribution in [2.24, 2.45) is 11.3 Å². The Balaban J connectivity index is 1.94. The topological polar surface area (TPSA) is 62.1 Å². The molecule has 1 aromatic carbocycles. The Morgan fingerprint density at radius 1 is 1.32 bits per heavy atom. The fourth-order valence-electron chi connectivity index (χ4n) is 2.45. The van der Waals surface area contributed by atoms with E-state index in [1.54, 1.807) is 0 Å². The Kier molecular flexibility index (Phi) is 5.07. The summed E-state index contributed by atoms with van der Waals surface area (Å²) in [6, 6.07) is 9.82. The van der Waals surface area contributed by atoms with Gasteiger partial charge in [-0.3, -0.25) is 4.79 Å². The van der Waals surface area contributed by atoms with E-state index in [4.69, 9.17) is 4.74 Å². The molecule has 1 amide bonds. The molecule has 0 aromatic heterocycles. The summed E-state index contributed by atoms with van der Waals surface area (Å²) < 4.78 is 5.65. The van der Waals surface area contributed by atoms with E-state index < -0.39 is 5.41 Å². The molecule has 0 saturated heterocycles. The summed E-state index contributed by atoms with van der Waals surface area (Å²) in [5.74, 6) is 1.18. The minimum Gasteiger partial charge on any atom is -0.493 e. The van der Waals surface area contributed by atoms with Gasteiger partial charge in [-0.15, -0.1) is 0 Å². The Bertz CT molecular complexity index is 553. The van der Waals surface area contributed by atoms with Gasteiger partial charge >= 0.3 is 0 Å². The molecule has 4 heteroatoms. The van der Waals surface area contributed by atoms with E-state index in [2.05, 4.69) is 25.2 Å². The number of ether oxygens (including phenoxy) is 1. The van der Waals surface area contributed by atoms with Gasteiger partial charge in [0.2, 0.25) is 5.91 Å². The zero-order valence-corrected chi connectivity index (χ0v) is 13.6. The van der Waals surface area contributed by atoms with Crippen LogP contribution in [0.15, 0.2) is 24.3 Å². The predicted molar refractivity (Wildman–Crippen MR) is 85.2 cm³/mol. The molecular weight excluding hydrogens is 276 g/mol. The van der Waals surface area contributed by atoms with Crippen LogP contribution in [-0.2, 0) is 4.79 Å². The third-order valence-electron chi connectivity index (χ3n) is 4.17. The van der Waals surface area contributed by atoms with Gasteiger partial charge in [-0.1, -0.05) is 26.0 Å². The van der Waals surface area contributed by atoms with Crippen LogP contribution >= 0.6 is 0 Å². The maximum absolute atomic E-state index is 12.2. The first kappa shape index (κ1) is 16.4. The summed E-state index contributed by atoms with van der Waals surface area (Å²) in [5.41, 5.74) is 0.215. The van der Waals surface area contributed by atoms with Crippen molar-refractivity contribution < 1.29 is 9.53 Å². The first-order valence-corrected chi connectivity index (χ1v) is 7.92. The summed E-state index contributed by atoms with van der Waals surface area (Å²) in [5, 5.41) is 12.2. The molecule has 0 heterocycles. The van der Waals surface area contributed by atoms with Crippen molar-refractivity contribution in [3.8, 4) is 11.8 Å². The zero-order chi connectivity index (χ0) is 16.2. The van der Waals surface area contributed by atoms with Crippen molar-refractivity contribution in [1.29, 1.82) is 5.26 Å². The van der Waals surface area contributed by atoms with E-state index in [9.17, 15) is 10.1 Å². The van der Waals surface area contributed by atoms with Gasteiger partial charge in [0.05, 0.1) is 18.7 Å². The van der Waals surface area contributed by atoms with Gasteiger partial charge in [-0.05, 0) is 49.8 Å². The molecule has 22 heavy (non-hydrogen) atoms.